The largest absolute Gasteiger partial charge is 0.354 e. The van der Waals surface area contributed by atoms with Crippen molar-refractivity contribution in [1.82, 2.24) is 9.88 Å². The van der Waals surface area contributed by atoms with Crippen LogP contribution < -0.4 is 9.21 Å². The van der Waals surface area contributed by atoms with Crippen LogP contribution in [0.4, 0.5) is 11.5 Å². The predicted octanol–water partition coefficient (Wildman–Crippen LogP) is 2.05. The van der Waals surface area contributed by atoms with Crippen LogP contribution in [0.15, 0.2) is 53.6 Å². The maximum atomic E-state index is 13.0. The summed E-state index contributed by atoms with van der Waals surface area (Å²) >= 11 is 0. The molecule has 1 aliphatic heterocycles. The van der Waals surface area contributed by atoms with E-state index in [9.17, 15) is 8.42 Å². The SMILES string of the molecule is CCN(c1ccccc1)S(=O)(=O)c1ccc(N2CCN(C)CC2)nc1. The van der Waals surface area contributed by atoms with E-state index in [4.69, 9.17) is 0 Å². The fraction of sp³-hybridized carbons (Fsp3) is 0.389. The number of benzene rings is 1. The molecule has 2 heterocycles. The molecule has 1 saturated heterocycles. The van der Waals surface area contributed by atoms with Crippen molar-refractivity contribution in [1.29, 1.82) is 0 Å². The van der Waals surface area contributed by atoms with Crippen LogP contribution in [0.25, 0.3) is 0 Å². The lowest BCUT2D eigenvalue weighted by molar-refractivity contribution is 0.312. The number of pyridine rings is 1. The van der Waals surface area contributed by atoms with Crippen molar-refractivity contribution in [3.8, 4) is 0 Å². The van der Waals surface area contributed by atoms with Crippen molar-refractivity contribution in [3.63, 3.8) is 0 Å². The maximum Gasteiger partial charge on any atom is 0.265 e. The number of piperazine rings is 1. The Morgan fingerprint density at radius 2 is 1.72 bits per heavy atom. The van der Waals surface area contributed by atoms with Crippen molar-refractivity contribution < 1.29 is 8.42 Å². The Bertz CT molecular complexity index is 786. The van der Waals surface area contributed by atoms with E-state index >= 15 is 0 Å². The fourth-order valence-corrected chi connectivity index (χ4v) is 4.38. The zero-order chi connectivity index (χ0) is 17.9. The second-order valence-electron chi connectivity index (χ2n) is 6.15. The molecule has 134 valence electrons. The monoisotopic (exact) mass is 360 g/mol. The van der Waals surface area contributed by atoms with Crippen molar-refractivity contribution in [3.05, 3.63) is 48.7 Å². The minimum atomic E-state index is -3.62. The second kappa shape index (κ2) is 7.41. The summed E-state index contributed by atoms with van der Waals surface area (Å²) in [6.07, 6.45) is 1.47. The van der Waals surface area contributed by atoms with Gasteiger partial charge in [0.05, 0.1) is 5.69 Å². The molecule has 6 nitrogen and oxygen atoms in total. The Kier molecular flexibility index (Phi) is 5.24. The number of para-hydroxylation sites is 1. The Balaban J connectivity index is 1.83. The molecule has 0 bridgehead atoms. The summed E-state index contributed by atoms with van der Waals surface area (Å²) in [6.45, 7) is 5.98. The zero-order valence-corrected chi connectivity index (χ0v) is 15.5. The average Bonchev–Trinajstić information content (AvgIpc) is 2.64. The van der Waals surface area contributed by atoms with Gasteiger partial charge in [0.2, 0.25) is 0 Å². The van der Waals surface area contributed by atoms with Crippen molar-refractivity contribution >= 4 is 21.5 Å². The molecule has 0 aliphatic carbocycles. The van der Waals surface area contributed by atoms with Crippen LogP contribution in [-0.4, -0.2) is 58.1 Å². The van der Waals surface area contributed by atoms with Gasteiger partial charge in [0.1, 0.15) is 10.7 Å². The lowest BCUT2D eigenvalue weighted by Crippen LogP contribution is -2.44. The number of likely N-dealkylation sites (N-methyl/N-ethyl adjacent to an activating group) is 1. The minimum Gasteiger partial charge on any atom is -0.354 e. The number of hydrogen-bond donors (Lipinski definition) is 0. The summed E-state index contributed by atoms with van der Waals surface area (Å²) in [5, 5.41) is 0. The molecule has 25 heavy (non-hydrogen) atoms. The zero-order valence-electron chi connectivity index (χ0n) is 14.7. The third-order valence-electron chi connectivity index (χ3n) is 4.47. The molecule has 0 N–H and O–H groups in total. The van der Waals surface area contributed by atoms with Crippen LogP contribution in [-0.2, 0) is 10.0 Å². The van der Waals surface area contributed by atoms with Gasteiger partial charge in [0.25, 0.3) is 10.0 Å². The van der Waals surface area contributed by atoms with Crippen molar-refractivity contribution in [2.45, 2.75) is 11.8 Å². The van der Waals surface area contributed by atoms with Gasteiger partial charge in [-0.3, -0.25) is 4.31 Å². The number of aromatic nitrogens is 1. The standard InChI is InChI=1S/C18H24N4O2S/c1-3-22(16-7-5-4-6-8-16)25(23,24)17-9-10-18(19-15-17)21-13-11-20(2)12-14-21/h4-10,15H,3,11-14H2,1-2H3. The summed E-state index contributed by atoms with van der Waals surface area (Å²) in [6, 6.07) is 12.6. The van der Waals surface area contributed by atoms with Crippen LogP contribution in [0.1, 0.15) is 6.92 Å². The highest BCUT2D eigenvalue weighted by Gasteiger charge is 2.24. The molecule has 0 amide bonds. The van der Waals surface area contributed by atoms with E-state index in [1.165, 1.54) is 10.5 Å². The summed E-state index contributed by atoms with van der Waals surface area (Å²) in [4.78, 5) is 9.08. The third kappa shape index (κ3) is 3.77. The van der Waals surface area contributed by atoms with Gasteiger partial charge in [-0.1, -0.05) is 18.2 Å². The van der Waals surface area contributed by atoms with E-state index in [0.29, 0.717) is 12.2 Å². The van der Waals surface area contributed by atoms with Crippen molar-refractivity contribution in [2.24, 2.45) is 0 Å². The molecule has 0 saturated carbocycles. The summed E-state index contributed by atoms with van der Waals surface area (Å²) < 4.78 is 27.3. The Hall–Kier alpha value is -2.12. The Labute approximate surface area is 149 Å². The molecule has 1 aromatic carbocycles. The number of sulfonamides is 1. The fourth-order valence-electron chi connectivity index (χ4n) is 2.96. The van der Waals surface area contributed by atoms with E-state index in [2.05, 4.69) is 21.8 Å². The molecule has 0 unspecified atom stereocenters. The first-order valence-corrected chi connectivity index (χ1v) is 9.93. The summed E-state index contributed by atoms with van der Waals surface area (Å²) in [7, 11) is -1.52. The first kappa shape index (κ1) is 17.7. The first-order chi connectivity index (χ1) is 12.0. The van der Waals surface area contributed by atoms with Gasteiger partial charge < -0.3 is 9.80 Å². The summed E-state index contributed by atoms with van der Waals surface area (Å²) in [5.41, 5.74) is 0.660. The topological polar surface area (TPSA) is 56.8 Å². The quantitative estimate of drug-likeness (QED) is 0.817. The molecular weight excluding hydrogens is 336 g/mol. The molecule has 1 fully saturated rings. The van der Waals surface area contributed by atoms with Gasteiger partial charge in [0, 0.05) is 38.9 Å². The van der Waals surface area contributed by atoms with Gasteiger partial charge in [-0.25, -0.2) is 13.4 Å². The van der Waals surface area contributed by atoms with E-state index in [1.807, 2.05) is 25.1 Å². The van der Waals surface area contributed by atoms with E-state index < -0.39 is 10.0 Å². The first-order valence-electron chi connectivity index (χ1n) is 8.49. The van der Waals surface area contributed by atoms with Gasteiger partial charge in [0.15, 0.2) is 0 Å². The molecule has 0 atom stereocenters. The van der Waals surface area contributed by atoms with Crippen LogP contribution >= 0.6 is 0 Å². The average molecular weight is 360 g/mol. The van der Waals surface area contributed by atoms with Gasteiger partial charge in [-0.15, -0.1) is 0 Å². The molecule has 7 heteroatoms. The van der Waals surface area contributed by atoms with Crippen LogP contribution in [0, 0.1) is 0 Å². The van der Waals surface area contributed by atoms with E-state index in [-0.39, 0.29) is 4.90 Å². The second-order valence-corrected chi connectivity index (χ2v) is 8.01. The highest BCUT2D eigenvalue weighted by Crippen LogP contribution is 2.24. The number of anilines is 2. The van der Waals surface area contributed by atoms with E-state index in [0.717, 1.165) is 32.0 Å². The molecule has 1 aliphatic rings. The summed E-state index contributed by atoms with van der Waals surface area (Å²) in [5.74, 6) is 0.829. The smallest absolute Gasteiger partial charge is 0.265 e. The molecule has 3 rings (SSSR count). The molecule has 0 radical (unpaired) electrons. The van der Waals surface area contributed by atoms with E-state index in [1.54, 1.807) is 24.3 Å². The molecule has 2 aromatic rings. The minimum absolute atomic E-state index is 0.219. The normalized spacial score (nSPS) is 16.0. The highest BCUT2D eigenvalue weighted by molar-refractivity contribution is 7.92. The number of hydrogen-bond acceptors (Lipinski definition) is 5. The Morgan fingerprint density at radius 3 is 2.28 bits per heavy atom. The lowest BCUT2D eigenvalue weighted by atomic mass is 10.3. The lowest BCUT2D eigenvalue weighted by Gasteiger charge is -2.33. The van der Waals surface area contributed by atoms with Crippen LogP contribution in [0.2, 0.25) is 0 Å². The number of rotatable bonds is 5. The Morgan fingerprint density at radius 1 is 1.04 bits per heavy atom. The van der Waals surface area contributed by atoms with Gasteiger partial charge in [-0.05, 0) is 38.2 Å². The predicted molar refractivity (Wildman–Crippen MR) is 101 cm³/mol. The highest BCUT2D eigenvalue weighted by atomic mass is 32.2. The van der Waals surface area contributed by atoms with Gasteiger partial charge in [-0.2, -0.15) is 0 Å². The van der Waals surface area contributed by atoms with Crippen LogP contribution in [0.3, 0.4) is 0 Å². The molecule has 1 aromatic heterocycles. The third-order valence-corrected chi connectivity index (χ3v) is 6.35. The van der Waals surface area contributed by atoms with Crippen LogP contribution in [0.5, 0.6) is 0 Å². The molecular formula is C18H24N4O2S. The molecule has 0 spiro atoms. The van der Waals surface area contributed by atoms with Gasteiger partial charge >= 0.3 is 0 Å². The van der Waals surface area contributed by atoms with Crippen molar-refractivity contribution in [2.75, 3.05) is 49.0 Å². The maximum absolute atomic E-state index is 13.0. The number of nitrogens with zero attached hydrogens (tertiary/aromatic N) is 4.